The van der Waals surface area contributed by atoms with Crippen molar-refractivity contribution in [2.45, 2.75) is 25.7 Å². The predicted molar refractivity (Wildman–Crippen MR) is 317 cm³/mol. The molecule has 0 aromatic heterocycles. The first-order chi connectivity index (χ1) is 36.5. The lowest BCUT2D eigenvalue weighted by molar-refractivity contribution is 1.12. The number of rotatable bonds is 12. The Labute approximate surface area is 435 Å². The van der Waals surface area contributed by atoms with Crippen LogP contribution in [0.5, 0.6) is 0 Å². The molecule has 1 saturated carbocycles. The number of hydrogen-bond acceptors (Lipinski definition) is 4. The summed E-state index contributed by atoms with van der Waals surface area (Å²) in [6, 6.07) is 90.9. The van der Waals surface area contributed by atoms with Gasteiger partial charge >= 0.3 is 0 Å². The Morgan fingerprint density at radius 1 is 0.432 bits per heavy atom. The van der Waals surface area contributed by atoms with Crippen molar-refractivity contribution in [1.82, 2.24) is 0 Å². The molecular weight excluding hydrogens is 896 g/mol. The molecule has 1 radical (unpaired) electrons. The van der Waals surface area contributed by atoms with Crippen LogP contribution >= 0.6 is 0 Å². The highest BCUT2D eigenvalue weighted by atomic mass is 15.2. The van der Waals surface area contributed by atoms with Crippen LogP contribution < -0.4 is 25.9 Å². The second-order valence-electron chi connectivity index (χ2n) is 19.6. The van der Waals surface area contributed by atoms with E-state index in [1.54, 1.807) is 0 Å². The molecule has 1 aliphatic heterocycles. The van der Waals surface area contributed by atoms with E-state index in [0.29, 0.717) is 5.92 Å². The molecule has 0 saturated heterocycles. The molecule has 0 bridgehead atoms. The van der Waals surface area contributed by atoms with Crippen LogP contribution in [0, 0.1) is 0 Å². The lowest BCUT2D eigenvalue weighted by atomic mass is 9.55. The van der Waals surface area contributed by atoms with Gasteiger partial charge in [0.1, 0.15) is 0 Å². The lowest BCUT2D eigenvalue weighted by Gasteiger charge is -2.39. The third-order valence-electron chi connectivity index (χ3n) is 15.0. The van der Waals surface area contributed by atoms with E-state index in [9.17, 15) is 0 Å². The molecule has 0 amide bonds. The number of benzene rings is 11. The molecule has 1 aliphatic carbocycles. The Hall–Kier alpha value is -9.06. The number of allylic oxidation sites excluding steroid dienone is 1. The summed E-state index contributed by atoms with van der Waals surface area (Å²) in [5.74, 6) is 0.518. The van der Waals surface area contributed by atoms with Crippen molar-refractivity contribution in [3.8, 4) is 33.4 Å². The number of fused-ring (bicyclic) bond motifs is 3. The van der Waals surface area contributed by atoms with Crippen LogP contribution in [0.25, 0.3) is 60.4 Å². The van der Waals surface area contributed by atoms with Crippen LogP contribution in [0.2, 0.25) is 0 Å². The van der Waals surface area contributed by atoms with Gasteiger partial charge in [0.05, 0.1) is 5.69 Å². The second-order valence-corrected chi connectivity index (χ2v) is 19.6. The summed E-state index contributed by atoms with van der Waals surface area (Å²) < 4.78 is 0. The first-order valence-corrected chi connectivity index (χ1v) is 25.8. The van der Waals surface area contributed by atoms with Crippen LogP contribution in [0.4, 0.5) is 45.5 Å². The van der Waals surface area contributed by atoms with Gasteiger partial charge in [-0.2, -0.15) is 0 Å². The number of hydrogen-bond donors (Lipinski definition) is 2. The summed E-state index contributed by atoms with van der Waals surface area (Å²) in [4.78, 5) is 4.97. The zero-order chi connectivity index (χ0) is 49.5. The number of nitrogens with zero attached hydrogens (tertiary/aromatic N) is 2. The van der Waals surface area contributed by atoms with Crippen molar-refractivity contribution < 1.29 is 0 Å². The van der Waals surface area contributed by atoms with Crippen molar-refractivity contribution in [3.63, 3.8) is 0 Å². The van der Waals surface area contributed by atoms with Gasteiger partial charge in [-0.25, -0.2) is 0 Å². The van der Waals surface area contributed by atoms with Crippen molar-refractivity contribution in [1.29, 1.82) is 0 Å². The minimum atomic E-state index is 0.518. The van der Waals surface area contributed by atoms with Gasteiger partial charge in [-0.1, -0.05) is 169 Å². The topological polar surface area (TPSA) is 30.5 Å². The number of para-hydroxylation sites is 2. The van der Waals surface area contributed by atoms with Crippen molar-refractivity contribution in [2.24, 2.45) is 0 Å². The summed E-state index contributed by atoms with van der Waals surface area (Å²) in [7, 11) is 4.52. The van der Waals surface area contributed by atoms with E-state index in [-0.39, 0.29) is 0 Å². The fourth-order valence-corrected chi connectivity index (χ4v) is 11.1. The summed E-state index contributed by atoms with van der Waals surface area (Å²) in [6.45, 7) is 2.34. The Bertz CT molecular complexity index is 3850. The Morgan fingerprint density at radius 2 is 0.959 bits per heavy atom. The van der Waals surface area contributed by atoms with Gasteiger partial charge in [-0.15, -0.1) is 0 Å². The number of anilines is 8. The van der Waals surface area contributed by atoms with Gasteiger partial charge in [0.25, 0.3) is 0 Å². The first kappa shape index (κ1) is 44.9. The van der Waals surface area contributed by atoms with Gasteiger partial charge in [0.15, 0.2) is 7.28 Å². The highest BCUT2D eigenvalue weighted by Gasteiger charge is 2.35. The molecule has 0 atom stereocenters. The summed E-state index contributed by atoms with van der Waals surface area (Å²) >= 11 is 0. The minimum Gasteiger partial charge on any atom is -0.388 e. The monoisotopic (exact) mass is 949 g/mol. The van der Waals surface area contributed by atoms with Crippen LogP contribution in [0.15, 0.2) is 254 Å². The average Bonchev–Trinajstić information content (AvgIpc) is 4.32. The van der Waals surface area contributed by atoms with E-state index in [1.165, 1.54) is 67.8 Å². The van der Waals surface area contributed by atoms with E-state index in [0.717, 1.165) is 73.2 Å². The van der Waals surface area contributed by atoms with Crippen LogP contribution in [0.3, 0.4) is 0 Å². The zero-order valence-electron chi connectivity index (χ0n) is 41.6. The molecule has 2 N–H and O–H groups in total. The highest BCUT2D eigenvalue weighted by molar-refractivity contribution is 6.77. The predicted octanol–water partition coefficient (Wildman–Crippen LogP) is 18.0. The lowest BCUT2D eigenvalue weighted by Crippen LogP contribution is -2.35. The maximum atomic E-state index is 3.99. The van der Waals surface area contributed by atoms with E-state index < -0.39 is 0 Å². The summed E-state index contributed by atoms with van der Waals surface area (Å²) in [5.41, 5.74) is 21.7. The van der Waals surface area contributed by atoms with Crippen molar-refractivity contribution in [2.75, 3.05) is 27.5 Å². The fourth-order valence-electron chi connectivity index (χ4n) is 11.1. The normalized spacial score (nSPS) is 13.1. The molecule has 11 aromatic rings. The smallest absolute Gasteiger partial charge is 0.198 e. The Morgan fingerprint density at radius 3 is 1.57 bits per heavy atom. The largest absolute Gasteiger partial charge is 0.388 e. The van der Waals surface area contributed by atoms with Crippen LogP contribution in [0.1, 0.15) is 36.8 Å². The van der Waals surface area contributed by atoms with Gasteiger partial charge in [0, 0.05) is 63.7 Å². The van der Waals surface area contributed by atoms with E-state index in [2.05, 4.69) is 283 Å². The first-order valence-electron chi connectivity index (χ1n) is 25.8. The third-order valence-corrected chi connectivity index (χ3v) is 15.0. The molecule has 5 heteroatoms. The Kier molecular flexibility index (Phi) is 11.6. The SMILES string of the molecule is CNc1ccc(N2C(C)=C(c3cc4ccccc4cc3C3CC3)[B]c3c(-c4cc5ccccc5cc4Nc4ccc(-c5ccccc5)cc4)cc(N(c4ccccc4)c4ccccc4)cc32)c(-c2ccccc2)c1. The van der Waals surface area contributed by atoms with Gasteiger partial charge in [-0.3, -0.25) is 0 Å². The van der Waals surface area contributed by atoms with Crippen molar-refractivity contribution in [3.05, 3.63) is 266 Å². The maximum Gasteiger partial charge on any atom is 0.198 e. The van der Waals surface area contributed by atoms with E-state index in [4.69, 9.17) is 0 Å². The maximum absolute atomic E-state index is 3.99. The molecule has 1 fully saturated rings. The molecule has 0 unspecified atom stereocenters. The second kappa shape index (κ2) is 19.2. The zero-order valence-corrected chi connectivity index (χ0v) is 41.6. The molecule has 11 aromatic carbocycles. The number of nitrogens with one attached hydrogen (secondary N) is 2. The van der Waals surface area contributed by atoms with Crippen LogP contribution in [-0.2, 0) is 0 Å². The van der Waals surface area contributed by atoms with E-state index in [1.807, 2.05) is 7.05 Å². The van der Waals surface area contributed by atoms with Crippen LogP contribution in [-0.4, -0.2) is 14.3 Å². The van der Waals surface area contributed by atoms with Gasteiger partial charge < -0.3 is 20.4 Å². The standard InChI is InChI=1S/C69H54BN4/c1-46-68(63-41-53-25-16-15-23-51(53)39-60(63)50-31-32-50)70-69-64(62-40-52-24-17-18-26-54(52)42-65(62)72-55-35-33-48(34-36-55)47-19-7-3-8-20-47)44-59(74(57-27-11-5-12-28-57)58-29-13-6-14-30-58)45-67(69)73(46)66-38-37-56(71-2)43-61(66)49-21-9-4-10-22-49/h3-30,33-45,50,71-72H,31-32H2,1-2H3. The molecular formula is C69H54BN4. The summed E-state index contributed by atoms with van der Waals surface area (Å²) in [5, 5.41) is 12.3. The highest BCUT2D eigenvalue weighted by Crippen LogP contribution is 2.50. The molecule has 1 heterocycles. The van der Waals surface area contributed by atoms with Gasteiger partial charge in [-0.05, 0) is 171 Å². The molecule has 74 heavy (non-hydrogen) atoms. The molecule has 13 rings (SSSR count). The molecule has 4 nitrogen and oxygen atoms in total. The summed E-state index contributed by atoms with van der Waals surface area (Å²) in [6.07, 6.45) is 2.40. The molecule has 0 spiro atoms. The minimum absolute atomic E-state index is 0.518. The van der Waals surface area contributed by atoms with Gasteiger partial charge in [0.2, 0.25) is 0 Å². The average molecular weight is 950 g/mol. The van der Waals surface area contributed by atoms with Crippen molar-refractivity contribution >= 4 is 85.3 Å². The molecule has 2 aliphatic rings. The quantitative estimate of drug-likeness (QED) is 0.120. The Balaban J connectivity index is 1.12. The fraction of sp³-hybridized carbons (Fsp3) is 0.0725. The molecule has 353 valence electrons. The van der Waals surface area contributed by atoms with E-state index >= 15 is 0 Å². The third kappa shape index (κ3) is 8.46.